The Morgan fingerprint density at radius 2 is 0.793 bits per heavy atom. The van der Waals surface area contributed by atoms with Gasteiger partial charge in [-0.1, -0.05) is 200 Å². The normalized spacial score (nSPS) is 14.0. The first kappa shape index (κ1) is 49.5. The molecule has 1 heterocycles. The molecule has 0 amide bonds. The Labute approximate surface area is 360 Å². The zero-order chi connectivity index (χ0) is 41.6. The lowest BCUT2D eigenvalue weighted by atomic mass is 9.90. The average molecular weight is 791 g/mol. The molecule has 0 saturated carbocycles. The Balaban J connectivity index is 1.82. The monoisotopic (exact) mass is 791 g/mol. The van der Waals surface area contributed by atoms with Gasteiger partial charge in [-0.15, -0.1) is 0 Å². The number of benzene rings is 2. The molecule has 0 saturated heterocycles. The highest BCUT2D eigenvalue weighted by molar-refractivity contribution is 6.17. The smallest absolute Gasteiger partial charge is 0.216 e. The Morgan fingerprint density at radius 3 is 1.17 bits per heavy atom. The summed E-state index contributed by atoms with van der Waals surface area (Å²) in [5.41, 5.74) is 12.8. The molecule has 2 heteroatoms. The Kier molecular flexibility index (Phi) is 26.5. The van der Waals surface area contributed by atoms with Crippen molar-refractivity contribution < 1.29 is 4.68 Å². The zero-order valence-corrected chi connectivity index (χ0v) is 39.1. The van der Waals surface area contributed by atoms with Crippen LogP contribution in [0.15, 0.2) is 65.8 Å². The standard InChI is InChI=1S/C56H90N2/c1-7-13-19-20-21-22-23-24-25-26-27-28-29-30-31-32-33-34-40-54-53(39-18-12-6)55(51-43-47(35-14-8-2)41-48(44-51)36-15-9-3)58(57)56(54)52-45-49(37-16-10-4)42-50(46-52)38-17-11-5/h18,39-46,57H,7-17,19-38H2,1-6H3. The molecule has 0 fully saturated rings. The number of unbranched alkanes of at least 4 members (excludes halogenated alkanes) is 21. The van der Waals surface area contributed by atoms with E-state index in [9.17, 15) is 5.84 Å². The second-order valence-electron chi connectivity index (χ2n) is 17.8. The number of nitrogens with one attached hydrogen (secondary N) is 1. The van der Waals surface area contributed by atoms with Crippen LogP contribution in [0.25, 0.3) is 11.5 Å². The van der Waals surface area contributed by atoms with Gasteiger partial charge in [0, 0.05) is 11.1 Å². The van der Waals surface area contributed by atoms with E-state index in [0.29, 0.717) is 0 Å². The van der Waals surface area contributed by atoms with Crippen LogP contribution in [0.4, 0.5) is 0 Å². The third kappa shape index (κ3) is 18.2. The third-order valence-corrected chi connectivity index (χ3v) is 12.4. The number of rotatable bonds is 34. The number of nitrogens with zero attached hydrogens (tertiary/aromatic N) is 1. The second-order valence-corrected chi connectivity index (χ2v) is 17.8. The highest BCUT2D eigenvalue weighted by atomic mass is 15.3. The molecule has 2 aromatic carbocycles. The first-order chi connectivity index (χ1) is 28.5. The molecule has 58 heavy (non-hydrogen) atoms. The molecule has 0 bridgehead atoms. The van der Waals surface area contributed by atoms with Gasteiger partial charge in [0.25, 0.3) is 0 Å². The fraction of sp³-hybridized carbons (Fsp3) is 0.661. The number of hydrogen-bond acceptors (Lipinski definition) is 0. The summed E-state index contributed by atoms with van der Waals surface area (Å²) in [6.07, 6.45) is 47.1. The van der Waals surface area contributed by atoms with Crippen LogP contribution in [0.2, 0.25) is 0 Å². The lowest BCUT2D eigenvalue weighted by Gasteiger charge is -2.13. The van der Waals surface area contributed by atoms with E-state index in [-0.39, 0.29) is 0 Å². The first-order valence-corrected chi connectivity index (χ1v) is 25.3. The molecule has 3 rings (SSSR count). The van der Waals surface area contributed by atoms with Crippen LogP contribution in [-0.2, 0) is 25.7 Å². The van der Waals surface area contributed by atoms with Crippen molar-refractivity contribution in [1.29, 1.82) is 0 Å². The van der Waals surface area contributed by atoms with E-state index in [1.807, 2.05) is 4.68 Å². The molecular formula is C56H90N2. The van der Waals surface area contributed by atoms with Crippen LogP contribution in [0, 0.1) is 0 Å². The van der Waals surface area contributed by atoms with Crippen LogP contribution in [-0.4, -0.2) is 10.4 Å². The van der Waals surface area contributed by atoms with Gasteiger partial charge in [-0.2, -0.15) is 0 Å². The van der Waals surface area contributed by atoms with Gasteiger partial charge in [-0.3, -0.25) is 0 Å². The topological polar surface area (TPSA) is 26.8 Å². The van der Waals surface area contributed by atoms with Crippen molar-refractivity contribution in [2.75, 3.05) is 0 Å². The van der Waals surface area contributed by atoms with E-state index in [1.165, 1.54) is 205 Å². The molecule has 1 aliphatic heterocycles. The summed E-state index contributed by atoms with van der Waals surface area (Å²) in [5, 5.41) is 0. The number of hydrogen-bond donors (Lipinski definition) is 0. The van der Waals surface area contributed by atoms with Gasteiger partial charge < -0.3 is 5.84 Å². The van der Waals surface area contributed by atoms with E-state index >= 15 is 0 Å². The minimum atomic E-state index is 0.989. The quantitative estimate of drug-likeness (QED) is 0.0499. The maximum absolute atomic E-state index is 10.0. The largest absolute Gasteiger partial charge is 0.448 e. The van der Waals surface area contributed by atoms with Gasteiger partial charge >= 0.3 is 0 Å². The number of aryl methyl sites for hydroxylation is 4. The van der Waals surface area contributed by atoms with Gasteiger partial charge in [0.2, 0.25) is 11.4 Å². The minimum Gasteiger partial charge on any atom is -0.448 e. The van der Waals surface area contributed by atoms with Gasteiger partial charge in [0.05, 0.1) is 11.1 Å². The second kappa shape index (κ2) is 31.1. The van der Waals surface area contributed by atoms with Crippen molar-refractivity contribution >= 4 is 11.4 Å². The van der Waals surface area contributed by atoms with Crippen molar-refractivity contribution in [3.05, 3.63) is 105 Å². The van der Waals surface area contributed by atoms with Crippen molar-refractivity contribution in [2.24, 2.45) is 0 Å². The Bertz CT molecular complexity index is 1480. The Morgan fingerprint density at radius 1 is 0.431 bits per heavy atom. The Hall–Kier alpha value is -2.87. The van der Waals surface area contributed by atoms with Crippen LogP contribution in [0.5, 0.6) is 0 Å². The minimum absolute atomic E-state index is 0.989. The molecule has 0 aromatic heterocycles. The summed E-state index contributed by atoms with van der Waals surface area (Å²) in [6, 6.07) is 14.6. The third-order valence-electron chi connectivity index (χ3n) is 12.4. The summed E-state index contributed by atoms with van der Waals surface area (Å²) >= 11 is 0. The summed E-state index contributed by atoms with van der Waals surface area (Å²) in [6.45, 7) is 13.7. The maximum Gasteiger partial charge on any atom is 0.216 e. The summed E-state index contributed by atoms with van der Waals surface area (Å²) in [4.78, 5) is 0. The lowest BCUT2D eigenvalue weighted by molar-refractivity contribution is -0.347. The fourth-order valence-electron chi connectivity index (χ4n) is 8.80. The molecule has 0 spiro atoms. The van der Waals surface area contributed by atoms with Crippen molar-refractivity contribution in [3.8, 4) is 0 Å². The molecule has 1 aliphatic rings. The van der Waals surface area contributed by atoms with Crippen molar-refractivity contribution in [2.45, 2.75) is 241 Å². The van der Waals surface area contributed by atoms with Crippen molar-refractivity contribution in [3.63, 3.8) is 0 Å². The highest BCUT2D eigenvalue weighted by Gasteiger charge is 2.35. The first-order valence-electron chi connectivity index (χ1n) is 25.3. The molecule has 2 aromatic rings. The molecular weight excluding hydrogens is 701 g/mol. The van der Waals surface area contributed by atoms with Crippen LogP contribution < -0.4 is 0 Å². The van der Waals surface area contributed by atoms with Gasteiger partial charge in [-0.25, -0.2) is 4.68 Å². The molecule has 0 aliphatic carbocycles. The van der Waals surface area contributed by atoms with Gasteiger partial charge in [-0.05, 0) is 117 Å². The number of allylic oxidation sites excluding steroid dienone is 5. The van der Waals surface area contributed by atoms with E-state index in [1.54, 1.807) is 0 Å². The van der Waals surface area contributed by atoms with E-state index < -0.39 is 0 Å². The molecule has 0 atom stereocenters. The molecule has 0 radical (unpaired) electrons. The summed E-state index contributed by atoms with van der Waals surface area (Å²) < 4.78 is 1.85. The van der Waals surface area contributed by atoms with E-state index in [4.69, 9.17) is 0 Å². The summed E-state index contributed by atoms with van der Waals surface area (Å²) in [5.74, 6) is 10.0. The maximum atomic E-state index is 10.0. The molecule has 1 N–H and O–H groups in total. The molecule has 0 unspecified atom stereocenters. The zero-order valence-electron chi connectivity index (χ0n) is 39.1. The molecule has 2 nitrogen and oxygen atoms in total. The van der Waals surface area contributed by atoms with Crippen LogP contribution in [0.3, 0.4) is 0 Å². The summed E-state index contributed by atoms with van der Waals surface area (Å²) in [7, 11) is 0. The highest BCUT2D eigenvalue weighted by Crippen LogP contribution is 2.38. The van der Waals surface area contributed by atoms with Crippen LogP contribution >= 0.6 is 0 Å². The fourth-order valence-corrected chi connectivity index (χ4v) is 8.80. The van der Waals surface area contributed by atoms with E-state index in [2.05, 4.69) is 96.2 Å². The molecule has 324 valence electrons. The lowest BCUT2D eigenvalue weighted by Crippen LogP contribution is -2.13. The average Bonchev–Trinajstić information content (AvgIpc) is 3.51. The van der Waals surface area contributed by atoms with E-state index in [0.717, 1.165) is 49.9 Å². The SMILES string of the molecule is CCC=CC1=C(c2cc(CCCC)cc(CCCC)c2)[N+]([NH-])=C(c2cc(CCCC)cc(CCCC)c2)C1=CCCCCCCCCCCCCCCCCCCC. The van der Waals surface area contributed by atoms with Gasteiger partial charge in [0.15, 0.2) is 0 Å². The van der Waals surface area contributed by atoms with Crippen LogP contribution in [0.1, 0.15) is 248 Å². The van der Waals surface area contributed by atoms with Crippen molar-refractivity contribution in [1.82, 2.24) is 0 Å². The predicted molar refractivity (Wildman–Crippen MR) is 259 cm³/mol. The van der Waals surface area contributed by atoms with Gasteiger partial charge in [0.1, 0.15) is 0 Å². The predicted octanol–water partition coefficient (Wildman–Crippen LogP) is 18.2.